The summed E-state index contributed by atoms with van der Waals surface area (Å²) in [5.41, 5.74) is 7.40. The molecule has 0 aliphatic carbocycles. The van der Waals surface area contributed by atoms with E-state index in [1.165, 1.54) is 0 Å². The first kappa shape index (κ1) is 13.0. The molecule has 1 aromatic rings. The Kier molecular flexibility index (Phi) is 3.34. The van der Waals surface area contributed by atoms with Gasteiger partial charge in [0.1, 0.15) is 0 Å². The van der Waals surface area contributed by atoms with Crippen molar-refractivity contribution in [1.29, 1.82) is 0 Å². The molecule has 20 heavy (non-hydrogen) atoms. The minimum Gasteiger partial charge on any atom is -0.398 e. The zero-order valence-corrected chi connectivity index (χ0v) is 11.3. The third-order valence-electron chi connectivity index (χ3n) is 4.32. The van der Waals surface area contributed by atoms with Crippen LogP contribution >= 0.6 is 0 Å². The van der Waals surface area contributed by atoms with Gasteiger partial charge in [-0.1, -0.05) is 18.2 Å². The van der Waals surface area contributed by atoms with Crippen molar-refractivity contribution in [3.05, 3.63) is 29.8 Å². The third-order valence-corrected chi connectivity index (χ3v) is 4.32. The zero-order valence-electron chi connectivity index (χ0n) is 11.3. The van der Waals surface area contributed by atoms with E-state index in [4.69, 9.17) is 5.73 Å². The van der Waals surface area contributed by atoms with Gasteiger partial charge in [0.25, 0.3) is 0 Å². The number of nitrogens with zero attached hydrogens (tertiary/aromatic N) is 1. The Morgan fingerprint density at radius 2 is 2.20 bits per heavy atom. The summed E-state index contributed by atoms with van der Waals surface area (Å²) in [5, 5.41) is 2.86. The Labute approximate surface area is 118 Å². The minimum atomic E-state index is -0.0270. The van der Waals surface area contributed by atoms with Crippen LogP contribution in [0.5, 0.6) is 0 Å². The van der Waals surface area contributed by atoms with Gasteiger partial charge in [-0.05, 0) is 24.5 Å². The third kappa shape index (κ3) is 2.24. The molecular formula is C15H19N3O2. The van der Waals surface area contributed by atoms with E-state index in [0.717, 1.165) is 24.9 Å². The van der Waals surface area contributed by atoms with E-state index in [9.17, 15) is 9.59 Å². The lowest BCUT2D eigenvalue weighted by molar-refractivity contribution is -0.136. The molecule has 2 heterocycles. The van der Waals surface area contributed by atoms with Crippen LogP contribution in [0, 0.1) is 5.92 Å². The summed E-state index contributed by atoms with van der Waals surface area (Å²) in [5.74, 6) is 0.127. The summed E-state index contributed by atoms with van der Waals surface area (Å²) < 4.78 is 0. The van der Waals surface area contributed by atoms with E-state index in [1.54, 1.807) is 0 Å². The summed E-state index contributed by atoms with van der Waals surface area (Å²) in [4.78, 5) is 26.1. The van der Waals surface area contributed by atoms with Crippen LogP contribution in [0.3, 0.4) is 0 Å². The molecule has 3 N–H and O–H groups in total. The summed E-state index contributed by atoms with van der Waals surface area (Å²) >= 11 is 0. The minimum absolute atomic E-state index is 0.0219. The van der Waals surface area contributed by atoms with Crippen LogP contribution in [0.2, 0.25) is 0 Å². The van der Waals surface area contributed by atoms with Crippen LogP contribution in [0.4, 0.5) is 5.69 Å². The normalized spacial score (nSPS) is 25.2. The van der Waals surface area contributed by atoms with Crippen molar-refractivity contribution in [2.45, 2.75) is 25.3 Å². The molecule has 5 nitrogen and oxygen atoms in total. The van der Waals surface area contributed by atoms with Gasteiger partial charge in [0.2, 0.25) is 11.8 Å². The van der Waals surface area contributed by atoms with Crippen LogP contribution < -0.4 is 11.1 Å². The molecule has 2 saturated heterocycles. The molecule has 2 atom stereocenters. The number of benzene rings is 1. The first-order chi connectivity index (χ1) is 9.66. The van der Waals surface area contributed by atoms with E-state index in [-0.39, 0.29) is 23.8 Å². The van der Waals surface area contributed by atoms with Crippen molar-refractivity contribution < 1.29 is 9.59 Å². The number of para-hydroxylation sites is 1. The molecule has 0 radical (unpaired) electrons. The molecule has 2 amide bonds. The number of fused-ring (bicyclic) bond motifs is 1. The van der Waals surface area contributed by atoms with Gasteiger partial charge >= 0.3 is 0 Å². The number of piperidine rings is 1. The number of nitrogens with two attached hydrogens (primary N) is 1. The Morgan fingerprint density at radius 3 is 3.00 bits per heavy atom. The SMILES string of the molecule is Nc1ccccc1CC(=O)N1CCCC2C(=O)NCC21. The van der Waals surface area contributed by atoms with E-state index in [2.05, 4.69) is 5.32 Å². The maximum absolute atomic E-state index is 12.5. The zero-order chi connectivity index (χ0) is 14.1. The van der Waals surface area contributed by atoms with E-state index < -0.39 is 0 Å². The molecule has 2 fully saturated rings. The summed E-state index contributed by atoms with van der Waals surface area (Å²) in [6, 6.07) is 7.46. The largest absolute Gasteiger partial charge is 0.398 e. The molecular weight excluding hydrogens is 254 g/mol. The highest BCUT2D eigenvalue weighted by atomic mass is 16.2. The van der Waals surface area contributed by atoms with Crippen molar-refractivity contribution in [2.75, 3.05) is 18.8 Å². The number of rotatable bonds is 2. The number of nitrogen functional groups attached to an aromatic ring is 1. The summed E-state index contributed by atoms with van der Waals surface area (Å²) in [6.07, 6.45) is 2.09. The molecule has 0 saturated carbocycles. The number of amides is 2. The van der Waals surface area contributed by atoms with Gasteiger partial charge in [-0.3, -0.25) is 9.59 Å². The van der Waals surface area contributed by atoms with Crippen molar-refractivity contribution in [3.63, 3.8) is 0 Å². The topological polar surface area (TPSA) is 75.4 Å². The number of hydrogen-bond donors (Lipinski definition) is 2. The molecule has 5 heteroatoms. The highest BCUT2D eigenvalue weighted by molar-refractivity contribution is 5.85. The van der Waals surface area contributed by atoms with Gasteiger partial charge in [-0.15, -0.1) is 0 Å². The maximum Gasteiger partial charge on any atom is 0.227 e. The van der Waals surface area contributed by atoms with Crippen LogP contribution in [0.15, 0.2) is 24.3 Å². The van der Waals surface area contributed by atoms with E-state index >= 15 is 0 Å². The fraction of sp³-hybridized carbons (Fsp3) is 0.467. The molecule has 3 rings (SSSR count). The molecule has 2 aliphatic heterocycles. The Balaban J connectivity index is 1.74. The molecule has 1 aromatic carbocycles. The standard InChI is InChI=1S/C15H19N3O2/c16-12-6-2-1-4-10(12)8-14(19)18-7-3-5-11-13(18)9-17-15(11)20/h1-2,4,6,11,13H,3,5,7-9,16H2,(H,17,20). The van der Waals surface area contributed by atoms with Crippen LogP contribution in [-0.2, 0) is 16.0 Å². The quantitative estimate of drug-likeness (QED) is 0.773. The molecule has 2 aliphatic rings. The predicted octanol–water partition coefficient (Wildman–Crippen LogP) is 0.548. The van der Waals surface area contributed by atoms with Gasteiger partial charge in [-0.25, -0.2) is 0 Å². The number of carbonyl (C=O) groups excluding carboxylic acids is 2. The maximum atomic E-state index is 12.5. The average Bonchev–Trinajstić information content (AvgIpc) is 2.83. The van der Waals surface area contributed by atoms with E-state index in [1.807, 2.05) is 29.2 Å². The van der Waals surface area contributed by atoms with Crippen LogP contribution in [0.25, 0.3) is 0 Å². The lowest BCUT2D eigenvalue weighted by Crippen LogP contribution is -2.49. The summed E-state index contributed by atoms with van der Waals surface area (Å²) in [7, 11) is 0. The fourth-order valence-electron chi connectivity index (χ4n) is 3.22. The van der Waals surface area contributed by atoms with Crippen molar-refractivity contribution in [2.24, 2.45) is 5.92 Å². The second-order valence-electron chi connectivity index (χ2n) is 5.52. The molecule has 0 bridgehead atoms. The van der Waals surface area contributed by atoms with Gasteiger partial charge in [0, 0.05) is 18.8 Å². The second-order valence-corrected chi connectivity index (χ2v) is 5.52. The van der Waals surface area contributed by atoms with Crippen molar-refractivity contribution in [1.82, 2.24) is 10.2 Å². The van der Waals surface area contributed by atoms with Crippen molar-refractivity contribution in [3.8, 4) is 0 Å². The number of anilines is 1. The number of nitrogens with one attached hydrogen (secondary N) is 1. The Hall–Kier alpha value is -2.04. The van der Waals surface area contributed by atoms with E-state index in [0.29, 0.717) is 18.7 Å². The first-order valence-electron chi connectivity index (χ1n) is 7.07. The highest BCUT2D eigenvalue weighted by Crippen LogP contribution is 2.28. The van der Waals surface area contributed by atoms with Gasteiger partial charge in [0.15, 0.2) is 0 Å². The molecule has 106 valence electrons. The average molecular weight is 273 g/mol. The smallest absolute Gasteiger partial charge is 0.227 e. The Bertz CT molecular complexity index is 544. The van der Waals surface area contributed by atoms with Gasteiger partial charge in [0.05, 0.1) is 18.4 Å². The summed E-state index contributed by atoms with van der Waals surface area (Å²) in [6.45, 7) is 1.32. The monoisotopic (exact) mass is 273 g/mol. The van der Waals surface area contributed by atoms with Gasteiger partial charge < -0.3 is 16.0 Å². The molecule has 0 aromatic heterocycles. The predicted molar refractivity (Wildman–Crippen MR) is 75.8 cm³/mol. The number of hydrogen-bond acceptors (Lipinski definition) is 3. The second kappa shape index (κ2) is 5.15. The molecule has 0 spiro atoms. The number of carbonyl (C=O) groups is 2. The lowest BCUT2D eigenvalue weighted by atomic mass is 9.91. The molecule has 2 unspecified atom stereocenters. The lowest BCUT2D eigenvalue weighted by Gasteiger charge is -2.36. The number of likely N-dealkylation sites (tertiary alicyclic amines) is 1. The Morgan fingerprint density at radius 1 is 1.40 bits per heavy atom. The van der Waals surface area contributed by atoms with Crippen molar-refractivity contribution >= 4 is 17.5 Å². The van der Waals surface area contributed by atoms with Crippen LogP contribution in [0.1, 0.15) is 18.4 Å². The highest BCUT2D eigenvalue weighted by Gasteiger charge is 2.42. The first-order valence-corrected chi connectivity index (χ1v) is 7.07. The fourth-order valence-corrected chi connectivity index (χ4v) is 3.22. The van der Waals surface area contributed by atoms with Gasteiger partial charge in [-0.2, -0.15) is 0 Å². The van der Waals surface area contributed by atoms with Crippen LogP contribution in [-0.4, -0.2) is 35.8 Å².